The predicted molar refractivity (Wildman–Crippen MR) is 110 cm³/mol. The van der Waals surface area contributed by atoms with Crippen LogP contribution in [0.2, 0.25) is 0 Å². The Balaban J connectivity index is 2.11. The van der Waals surface area contributed by atoms with E-state index in [9.17, 15) is 9.18 Å². The number of hydrogen-bond donors (Lipinski definition) is 1. The monoisotopic (exact) mass is 392 g/mol. The van der Waals surface area contributed by atoms with Gasteiger partial charge < -0.3 is 5.73 Å². The van der Waals surface area contributed by atoms with Crippen molar-refractivity contribution in [2.24, 2.45) is 0 Å². The summed E-state index contributed by atoms with van der Waals surface area (Å²) >= 11 is 0. The number of anilines is 1. The highest BCUT2D eigenvalue weighted by Gasteiger charge is 2.21. The third kappa shape index (κ3) is 3.37. The smallest absolute Gasteiger partial charge is 0.353 e. The van der Waals surface area contributed by atoms with Gasteiger partial charge in [-0.05, 0) is 38.0 Å². The molecule has 0 aliphatic heterocycles. The summed E-state index contributed by atoms with van der Waals surface area (Å²) in [5.74, 6) is 0.0431. The third-order valence-corrected chi connectivity index (χ3v) is 4.68. The second-order valence-corrected chi connectivity index (χ2v) is 6.91. The number of alkyl halides is 1. The van der Waals surface area contributed by atoms with Gasteiger partial charge in [-0.1, -0.05) is 30.3 Å². The number of fused-ring (bicyclic) bond motifs is 1. The quantitative estimate of drug-likeness (QED) is 0.563. The molecule has 0 saturated carbocycles. The number of nitrogen functional groups attached to an aromatic ring is 1. The van der Waals surface area contributed by atoms with E-state index in [0.717, 1.165) is 22.5 Å². The van der Waals surface area contributed by atoms with Crippen LogP contribution in [0.15, 0.2) is 47.3 Å². The molecule has 0 saturated heterocycles. The molecule has 8 heteroatoms. The van der Waals surface area contributed by atoms with Gasteiger partial charge in [-0.3, -0.25) is 9.37 Å². The van der Waals surface area contributed by atoms with E-state index in [1.165, 1.54) is 9.08 Å². The first-order chi connectivity index (χ1) is 14.0. The molecule has 7 nitrogen and oxygen atoms in total. The first-order valence-electron chi connectivity index (χ1n) is 9.35. The Labute approximate surface area is 166 Å². The molecule has 4 aromatic rings. The van der Waals surface area contributed by atoms with Crippen molar-refractivity contribution < 1.29 is 4.39 Å². The normalized spacial score (nSPS) is 11.3. The lowest BCUT2D eigenvalue weighted by Gasteiger charge is -2.13. The minimum Gasteiger partial charge on any atom is -0.369 e. The van der Waals surface area contributed by atoms with E-state index in [1.54, 1.807) is 0 Å². The van der Waals surface area contributed by atoms with Crippen molar-refractivity contribution in [3.63, 3.8) is 0 Å². The maximum Gasteiger partial charge on any atom is 0.353 e. The number of halogens is 1. The number of rotatable bonds is 5. The number of nitrogens with two attached hydrogens (primary N) is 1. The number of benzene rings is 1. The van der Waals surface area contributed by atoms with Gasteiger partial charge in [0.15, 0.2) is 5.65 Å². The van der Waals surface area contributed by atoms with Crippen molar-refractivity contribution in [3.8, 4) is 22.4 Å². The molecule has 0 atom stereocenters. The van der Waals surface area contributed by atoms with Crippen LogP contribution in [0.5, 0.6) is 0 Å². The minimum absolute atomic E-state index is 0.0431. The molecular weight excluding hydrogens is 371 g/mol. The topological polar surface area (TPSA) is 91.1 Å². The molecule has 0 fully saturated rings. The molecule has 0 bridgehead atoms. The fourth-order valence-corrected chi connectivity index (χ4v) is 3.51. The molecule has 0 spiro atoms. The lowest BCUT2D eigenvalue weighted by atomic mass is 9.99. The molecule has 0 radical (unpaired) electrons. The molecular formula is C21H21FN6O. The highest BCUT2D eigenvalue weighted by molar-refractivity contribution is 5.90. The Bertz CT molecular complexity index is 1230. The second-order valence-electron chi connectivity index (χ2n) is 6.91. The zero-order chi connectivity index (χ0) is 20.5. The Morgan fingerprint density at radius 3 is 2.38 bits per heavy atom. The van der Waals surface area contributed by atoms with Crippen molar-refractivity contribution in [2.45, 2.75) is 26.8 Å². The van der Waals surface area contributed by atoms with Crippen molar-refractivity contribution >= 4 is 11.6 Å². The Morgan fingerprint density at radius 2 is 1.72 bits per heavy atom. The van der Waals surface area contributed by atoms with Gasteiger partial charge in [0.25, 0.3) is 0 Å². The largest absolute Gasteiger partial charge is 0.369 e. The number of pyridine rings is 1. The number of nitrogens with zero attached hydrogens (tertiary/aromatic N) is 5. The van der Waals surface area contributed by atoms with Crippen LogP contribution >= 0.6 is 0 Å². The van der Waals surface area contributed by atoms with Crippen LogP contribution in [-0.4, -0.2) is 30.8 Å². The van der Waals surface area contributed by atoms with E-state index < -0.39 is 12.4 Å². The average Bonchev–Trinajstić information content (AvgIpc) is 3.03. The fourth-order valence-electron chi connectivity index (χ4n) is 3.51. The summed E-state index contributed by atoms with van der Waals surface area (Å²) in [6.45, 7) is 3.46. The van der Waals surface area contributed by atoms with Gasteiger partial charge in [-0.2, -0.15) is 0 Å². The molecule has 0 aliphatic carbocycles. The van der Waals surface area contributed by atoms with Gasteiger partial charge in [-0.25, -0.2) is 18.9 Å². The van der Waals surface area contributed by atoms with Crippen molar-refractivity contribution in [1.82, 2.24) is 24.1 Å². The molecule has 2 N–H and O–H groups in total. The van der Waals surface area contributed by atoms with E-state index in [-0.39, 0.29) is 18.9 Å². The lowest BCUT2D eigenvalue weighted by molar-refractivity contribution is 0.430. The van der Waals surface area contributed by atoms with Crippen LogP contribution in [0.4, 0.5) is 10.3 Å². The maximum atomic E-state index is 12.8. The van der Waals surface area contributed by atoms with E-state index in [0.29, 0.717) is 16.9 Å². The van der Waals surface area contributed by atoms with Crippen LogP contribution < -0.4 is 11.4 Å². The van der Waals surface area contributed by atoms with Gasteiger partial charge in [0, 0.05) is 23.5 Å². The molecule has 1 aromatic carbocycles. The zero-order valence-electron chi connectivity index (χ0n) is 16.3. The van der Waals surface area contributed by atoms with Crippen LogP contribution in [0.25, 0.3) is 28.0 Å². The maximum absolute atomic E-state index is 12.8. The van der Waals surface area contributed by atoms with E-state index >= 15 is 0 Å². The summed E-state index contributed by atoms with van der Waals surface area (Å²) in [5, 5.41) is 4.49. The van der Waals surface area contributed by atoms with Crippen LogP contribution in [0.1, 0.15) is 17.8 Å². The number of aryl methyl sites for hydroxylation is 3. The van der Waals surface area contributed by atoms with Crippen LogP contribution in [-0.2, 0) is 6.54 Å². The van der Waals surface area contributed by atoms with Gasteiger partial charge in [0.05, 0.1) is 17.9 Å². The Morgan fingerprint density at radius 1 is 1.03 bits per heavy atom. The van der Waals surface area contributed by atoms with Gasteiger partial charge in [0.2, 0.25) is 5.95 Å². The van der Waals surface area contributed by atoms with Gasteiger partial charge in [0.1, 0.15) is 0 Å². The molecule has 3 aromatic heterocycles. The van der Waals surface area contributed by atoms with E-state index in [2.05, 4.69) is 15.1 Å². The molecule has 4 rings (SSSR count). The predicted octanol–water partition coefficient (Wildman–Crippen LogP) is 3.18. The summed E-state index contributed by atoms with van der Waals surface area (Å²) < 4.78 is 15.2. The van der Waals surface area contributed by atoms with Crippen LogP contribution in [0, 0.1) is 13.8 Å². The Kier molecular flexibility index (Phi) is 4.84. The fraction of sp³-hybridized carbons (Fsp3) is 0.238. The molecule has 0 unspecified atom stereocenters. The molecule has 148 valence electrons. The molecule has 29 heavy (non-hydrogen) atoms. The number of aromatic nitrogens is 5. The highest BCUT2D eigenvalue weighted by atomic mass is 19.1. The molecule has 3 heterocycles. The minimum atomic E-state index is -0.529. The van der Waals surface area contributed by atoms with Gasteiger partial charge >= 0.3 is 5.69 Å². The third-order valence-electron chi connectivity index (χ3n) is 4.68. The summed E-state index contributed by atoms with van der Waals surface area (Å²) in [5.41, 5.74) is 10.8. The summed E-state index contributed by atoms with van der Waals surface area (Å²) in [7, 11) is 0. The van der Waals surface area contributed by atoms with Crippen LogP contribution in [0.3, 0.4) is 0 Å². The molecule has 0 aliphatic rings. The lowest BCUT2D eigenvalue weighted by Crippen LogP contribution is -2.23. The average molecular weight is 392 g/mol. The SMILES string of the molecule is Cc1cc(-c2c(-c3ccccc3)nc(N)n3c(=O)n(CCCF)nc23)cc(C)n1. The first-order valence-corrected chi connectivity index (χ1v) is 9.35. The van der Waals surface area contributed by atoms with Gasteiger partial charge in [-0.15, -0.1) is 5.10 Å². The number of hydrogen-bond acceptors (Lipinski definition) is 5. The summed E-state index contributed by atoms with van der Waals surface area (Å²) in [6.07, 6.45) is 0.200. The summed E-state index contributed by atoms with van der Waals surface area (Å²) in [6, 6.07) is 13.5. The Hall–Kier alpha value is -3.55. The standard InChI is InChI=1S/C21H21FN6O/c1-13-11-16(12-14(2)24-13)17-18(15-7-4-3-5-8-15)25-20(23)28-19(17)26-27(21(28)29)10-6-9-22/h3-5,7-8,11-12H,6,9-10H2,1-2H3,(H2,23,25). The van der Waals surface area contributed by atoms with E-state index in [4.69, 9.17) is 5.73 Å². The summed E-state index contributed by atoms with van der Waals surface area (Å²) in [4.78, 5) is 21.8. The second kappa shape index (κ2) is 7.46. The van der Waals surface area contributed by atoms with Crippen molar-refractivity contribution in [3.05, 3.63) is 64.3 Å². The van der Waals surface area contributed by atoms with Crippen molar-refractivity contribution in [1.29, 1.82) is 0 Å². The first kappa shape index (κ1) is 18.8. The molecule has 0 amide bonds. The highest BCUT2D eigenvalue weighted by Crippen LogP contribution is 2.34. The van der Waals surface area contributed by atoms with E-state index in [1.807, 2.05) is 56.3 Å². The van der Waals surface area contributed by atoms with Crippen molar-refractivity contribution in [2.75, 3.05) is 12.4 Å². The zero-order valence-corrected chi connectivity index (χ0v) is 16.3.